The first-order valence-electron chi connectivity index (χ1n) is 25.0. The summed E-state index contributed by atoms with van der Waals surface area (Å²) in [7, 11) is 0. The molecule has 0 atom stereocenters. The minimum atomic E-state index is -0.0841. The van der Waals surface area contributed by atoms with Gasteiger partial charge in [0.15, 0.2) is 0 Å². The number of fused-ring (bicyclic) bond motifs is 7. The van der Waals surface area contributed by atoms with Crippen LogP contribution < -0.4 is 4.90 Å². The van der Waals surface area contributed by atoms with Gasteiger partial charge in [-0.15, -0.1) is 0 Å². The zero-order valence-electron chi connectivity index (χ0n) is 41.1. The Bertz CT molecular complexity index is 3810. The Labute approximate surface area is 412 Å². The fourth-order valence-corrected chi connectivity index (χ4v) is 10.9. The van der Waals surface area contributed by atoms with Crippen molar-refractivity contribution < 1.29 is 0 Å². The molecule has 12 rings (SSSR count). The van der Waals surface area contributed by atoms with Crippen molar-refractivity contribution in [2.24, 2.45) is 0 Å². The molecular weight excluding hydrogens is 845 g/mol. The third kappa shape index (κ3) is 7.69. The van der Waals surface area contributed by atoms with Gasteiger partial charge in [0.25, 0.3) is 0 Å². The lowest BCUT2D eigenvalue weighted by atomic mass is 9.83. The second kappa shape index (κ2) is 16.9. The second-order valence-corrected chi connectivity index (χ2v) is 21.3. The summed E-state index contributed by atoms with van der Waals surface area (Å²) < 4.78 is 2.50. The van der Waals surface area contributed by atoms with Gasteiger partial charge < -0.3 is 9.47 Å². The molecule has 0 fully saturated rings. The monoisotopic (exact) mass is 902 g/mol. The molecule has 0 bridgehead atoms. The van der Waals surface area contributed by atoms with Crippen molar-refractivity contribution in [1.82, 2.24) is 4.57 Å². The average molecular weight is 903 g/mol. The maximum Gasteiger partial charge on any atom is 0.0550 e. The third-order valence-corrected chi connectivity index (χ3v) is 14.7. The van der Waals surface area contributed by atoms with E-state index in [0.717, 1.165) is 29.9 Å². The van der Waals surface area contributed by atoms with E-state index in [1.807, 2.05) is 0 Å². The largest absolute Gasteiger partial charge is 0.310 e. The molecule has 1 aliphatic carbocycles. The Kier molecular flexibility index (Phi) is 10.5. The zero-order chi connectivity index (χ0) is 47.7. The summed E-state index contributed by atoms with van der Waals surface area (Å²) in [4.78, 5) is 2.45. The number of aromatic nitrogens is 1. The normalized spacial score (nSPS) is 12.8. The van der Waals surface area contributed by atoms with Crippen molar-refractivity contribution in [3.8, 4) is 39.1 Å². The molecule has 0 unspecified atom stereocenters. The molecule has 11 aromatic rings. The van der Waals surface area contributed by atoms with Gasteiger partial charge in [0.2, 0.25) is 0 Å². The summed E-state index contributed by atoms with van der Waals surface area (Å²) in [5.41, 5.74) is 19.6. The van der Waals surface area contributed by atoms with Crippen LogP contribution in [0.5, 0.6) is 0 Å². The van der Waals surface area contributed by atoms with Crippen molar-refractivity contribution >= 4 is 66.5 Å². The first-order valence-corrected chi connectivity index (χ1v) is 25.0. The van der Waals surface area contributed by atoms with Crippen molar-refractivity contribution in [2.45, 2.75) is 65.2 Å². The second-order valence-electron chi connectivity index (χ2n) is 21.3. The molecule has 0 spiro atoms. The molecule has 1 aliphatic rings. The van der Waals surface area contributed by atoms with Gasteiger partial charge in [-0.05, 0) is 168 Å². The van der Waals surface area contributed by atoms with Gasteiger partial charge in [-0.1, -0.05) is 193 Å². The summed E-state index contributed by atoms with van der Waals surface area (Å²) in [5, 5.41) is 7.67. The lowest BCUT2D eigenvalue weighted by molar-refractivity contribution is 0.591. The van der Waals surface area contributed by atoms with Crippen LogP contribution in [0.2, 0.25) is 0 Å². The van der Waals surface area contributed by atoms with Crippen LogP contribution in [0.25, 0.3) is 88.5 Å². The van der Waals surface area contributed by atoms with Crippen molar-refractivity contribution in [2.75, 3.05) is 4.90 Å². The summed E-state index contributed by atoms with van der Waals surface area (Å²) in [6.45, 7) is 13.9. The summed E-state index contributed by atoms with van der Waals surface area (Å²) in [5.74, 6) is 0. The topological polar surface area (TPSA) is 8.17 Å². The van der Waals surface area contributed by atoms with Crippen LogP contribution in [0.4, 0.5) is 17.1 Å². The van der Waals surface area contributed by atoms with Gasteiger partial charge in [-0.25, -0.2) is 0 Å². The number of aryl methyl sites for hydroxylation is 1. The third-order valence-electron chi connectivity index (χ3n) is 14.7. The Morgan fingerprint density at radius 2 is 1.07 bits per heavy atom. The Hall–Kier alpha value is -7.94. The highest BCUT2D eigenvalue weighted by molar-refractivity contribution is 6.16. The van der Waals surface area contributed by atoms with Gasteiger partial charge in [0.1, 0.15) is 0 Å². The molecule has 0 saturated heterocycles. The lowest BCUT2D eigenvalue weighted by Crippen LogP contribution is -2.12. The molecule has 1 aromatic heterocycles. The van der Waals surface area contributed by atoms with Gasteiger partial charge >= 0.3 is 0 Å². The lowest BCUT2D eigenvalue weighted by Gasteiger charge is -2.27. The summed E-state index contributed by atoms with van der Waals surface area (Å²) in [6.07, 6.45) is 6.73. The van der Waals surface area contributed by atoms with Crippen LogP contribution in [0.1, 0.15) is 70.2 Å². The first kappa shape index (κ1) is 43.3. The highest BCUT2D eigenvalue weighted by atomic mass is 15.1. The smallest absolute Gasteiger partial charge is 0.0550 e. The quantitative estimate of drug-likeness (QED) is 0.155. The van der Waals surface area contributed by atoms with E-state index in [4.69, 9.17) is 0 Å². The standard InChI is InChI=1S/C68H58N2/c1-67(2,3)52-34-38-62-64(43-52)70(54-20-8-7-9-21-54)65-44-53(68(4,5)6)42-63(66(62)65)50-19-14-22-56(40-50)69(57-37-39-61-51(41-57)31-30-48-17-11-13-24-59(48)61)55-35-32-46(33-36-55)45-26-28-49(29-27-45)60-25-15-18-47-16-10-12-23-58(47)60/h7-12,14-23,25-44H,13,24H2,1-6H3. The van der Waals surface area contributed by atoms with Crippen LogP contribution in [-0.4, -0.2) is 4.57 Å². The molecule has 2 nitrogen and oxygen atoms in total. The first-order chi connectivity index (χ1) is 34.0. The highest BCUT2D eigenvalue weighted by Crippen LogP contribution is 2.45. The van der Waals surface area contributed by atoms with Crippen molar-refractivity contribution in [3.05, 3.63) is 235 Å². The number of benzene rings is 10. The molecule has 0 aliphatic heterocycles. The van der Waals surface area contributed by atoms with Gasteiger partial charge in [-0.3, -0.25) is 0 Å². The Balaban J connectivity index is 1.01. The number of allylic oxidation sites excluding steroid dienone is 1. The molecule has 2 heteroatoms. The number of anilines is 3. The zero-order valence-corrected chi connectivity index (χ0v) is 41.1. The van der Waals surface area contributed by atoms with E-state index in [0.29, 0.717) is 0 Å². The van der Waals surface area contributed by atoms with E-state index in [2.05, 4.69) is 269 Å². The summed E-state index contributed by atoms with van der Waals surface area (Å²) in [6, 6.07) is 77.3. The Morgan fingerprint density at radius 1 is 0.414 bits per heavy atom. The number of hydrogen-bond acceptors (Lipinski definition) is 1. The average Bonchev–Trinajstić information content (AvgIpc) is 3.72. The number of para-hydroxylation sites is 1. The fraction of sp³-hybridized carbons (Fsp3) is 0.147. The van der Waals surface area contributed by atoms with Gasteiger partial charge in [0.05, 0.1) is 11.0 Å². The molecule has 0 radical (unpaired) electrons. The molecule has 0 amide bonds. The number of nitrogens with zero attached hydrogens (tertiary/aromatic N) is 2. The molecule has 0 N–H and O–H groups in total. The van der Waals surface area contributed by atoms with Crippen LogP contribution in [0.3, 0.4) is 0 Å². The fourth-order valence-electron chi connectivity index (χ4n) is 10.9. The predicted molar refractivity (Wildman–Crippen MR) is 302 cm³/mol. The molecule has 340 valence electrons. The molecular formula is C68H58N2. The van der Waals surface area contributed by atoms with E-state index in [1.165, 1.54) is 105 Å². The minimum Gasteiger partial charge on any atom is -0.310 e. The van der Waals surface area contributed by atoms with Crippen LogP contribution in [-0.2, 0) is 17.3 Å². The molecule has 10 aromatic carbocycles. The molecule has 70 heavy (non-hydrogen) atoms. The van der Waals surface area contributed by atoms with E-state index in [9.17, 15) is 0 Å². The molecule has 0 saturated carbocycles. The van der Waals surface area contributed by atoms with Crippen LogP contribution >= 0.6 is 0 Å². The number of rotatable bonds is 7. The van der Waals surface area contributed by atoms with E-state index in [-0.39, 0.29) is 10.8 Å². The number of hydrogen-bond donors (Lipinski definition) is 0. The van der Waals surface area contributed by atoms with Crippen molar-refractivity contribution in [1.29, 1.82) is 0 Å². The predicted octanol–water partition coefficient (Wildman–Crippen LogP) is 19.1. The summed E-state index contributed by atoms with van der Waals surface area (Å²) >= 11 is 0. The van der Waals surface area contributed by atoms with E-state index >= 15 is 0 Å². The minimum absolute atomic E-state index is 0.00341. The highest BCUT2D eigenvalue weighted by Gasteiger charge is 2.25. The van der Waals surface area contributed by atoms with Crippen molar-refractivity contribution in [3.63, 3.8) is 0 Å². The van der Waals surface area contributed by atoms with Crippen LogP contribution in [0.15, 0.2) is 212 Å². The van der Waals surface area contributed by atoms with Gasteiger partial charge in [-0.2, -0.15) is 0 Å². The maximum atomic E-state index is 2.50. The Morgan fingerprint density at radius 3 is 1.86 bits per heavy atom. The van der Waals surface area contributed by atoms with E-state index < -0.39 is 0 Å². The SMILES string of the molecule is CC(C)(C)c1ccc2c3c(-c4cccc(N(c5ccc(-c6ccc(-c7cccc8ccccc78)cc6)cc5)c5ccc6c7c(ccc6c5)C=CCC7)c4)cc(C(C)(C)C)cc3n(-c3ccccc3)c2c1. The van der Waals surface area contributed by atoms with Gasteiger partial charge in [0, 0.05) is 33.5 Å². The van der Waals surface area contributed by atoms with E-state index in [1.54, 1.807) is 0 Å². The molecule has 1 heterocycles. The van der Waals surface area contributed by atoms with Crippen LogP contribution in [0, 0.1) is 0 Å². The maximum absolute atomic E-state index is 2.50.